The van der Waals surface area contributed by atoms with Crippen LogP contribution in [-0.4, -0.2) is 52.7 Å². The van der Waals surface area contributed by atoms with Gasteiger partial charge in [-0.3, -0.25) is 9.58 Å². The van der Waals surface area contributed by atoms with Crippen LogP contribution in [0.2, 0.25) is 5.02 Å². The minimum atomic E-state index is -3.47. The number of para-hydroxylation sites is 1. The molecule has 0 bridgehead atoms. The topological polar surface area (TPSA) is 134 Å². The van der Waals surface area contributed by atoms with E-state index in [9.17, 15) is 13.2 Å². The molecule has 0 unspecified atom stereocenters. The third-order valence-corrected chi connectivity index (χ3v) is 9.90. The predicted octanol–water partition coefficient (Wildman–Crippen LogP) is 7.36. The molecule has 0 radical (unpaired) electrons. The molecule has 6 rings (SSSR count). The number of carbonyl (C=O) groups excluding carboxylic acids is 1. The lowest BCUT2D eigenvalue weighted by molar-refractivity contribution is 0.240. The highest BCUT2D eigenvalue weighted by molar-refractivity contribution is 7.90. The number of hydrogen-bond acceptors (Lipinski definition) is 8. The number of anilines is 3. The number of aliphatic imine (C=N–C) groups is 1. The molecular weight excluding hydrogens is 660 g/mol. The number of aromatic nitrogens is 4. The molecule has 13 heteroatoms. The van der Waals surface area contributed by atoms with Crippen molar-refractivity contribution in [3.05, 3.63) is 108 Å². The zero-order chi connectivity index (χ0) is 34.4. The Kier molecular flexibility index (Phi) is 10.4. The number of urea groups is 1. The first kappa shape index (κ1) is 33.8. The van der Waals surface area contributed by atoms with E-state index in [1.165, 1.54) is 12.3 Å². The average molecular weight is 697 g/mol. The molecule has 2 aromatic heterocycles. The Labute approximate surface area is 291 Å². The number of halogens is 1. The van der Waals surface area contributed by atoms with Gasteiger partial charge in [-0.2, -0.15) is 10.1 Å². The summed E-state index contributed by atoms with van der Waals surface area (Å²) in [6, 6.07) is 24.3. The van der Waals surface area contributed by atoms with Crippen LogP contribution in [0.25, 0.3) is 11.1 Å². The van der Waals surface area contributed by atoms with Gasteiger partial charge >= 0.3 is 6.03 Å². The summed E-state index contributed by atoms with van der Waals surface area (Å²) < 4.78 is 26.3. The van der Waals surface area contributed by atoms with Gasteiger partial charge in [-0.05, 0) is 67.0 Å². The number of nitrogens with one attached hydrogen (secondary N) is 2. The van der Waals surface area contributed by atoms with Crippen LogP contribution in [-0.2, 0) is 23.4 Å². The highest BCUT2D eigenvalue weighted by Gasteiger charge is 2.30. The molecule has 2 heterocycles. The highest BCUT2D eigenvalue weighted by atomic mass is 35.5. The summed E-state index contributed by atoms with van der Waals surface area (Å²) in [6.45, 7) is 0.434. The number of carbonyl (C=O) groups is 1. The molecule has 1 aliphatic rings. The number of hydrogen-bond donors (Lipinski definition) is 2. The maximum Gasteiger partial charge on any atom is 0.322 e. The summed E-state index contributed by atoms with van der Waals surface area (Å²) in [5.41, 5.74) is 4.28. The maximum absolute atomic E-state index is 13.7. The smallest absolute Gasteiger partial charge is 0.322 e. The van der Waals surface area contributed by atoms with Gasteiger partial charge in [-0.15, -0.1) is 0 Å². The number of aryl methyl sites for hydroxylation is 1. The Morgan fingerprint density at radius 1 is 0.980 bits per heavy atom. The molecule has 252 valence electrons. The summed E-state index contributed by atoms with van der Waals surface area (Å²) in [5.74, 6) is 0.636. The standard InChI is InChI=1S/C36H37ClN8O3S/c1-44-24-28(22-41-44)27-14-18-30(19-15-27)45(36(46)40-21-25-8-4-3-5-9-25)29-16-12-26(13-17-29)20-38-35-39-23-31(37)34(43-35)42-32-10-6-7-11-33(32)49(2,47)48/h3-11,14-15,18-20,22-24,26,29H,12-13,16-17,21H2,1-2H3,(H,40,46)(H,39,42,43). The van der Waals surface area contributed by atoms with E-state index in [4.69, 9.17) is 11.6 Å². The highest BCUT2D eigenvalue weighted by Crippen LogP contribution is 2.33. The van der Waals surface area contributed by atoms with Gasteiger partial charge in [0.2, 0.25) is 0 Å². The monoisotopic (exact) mass is 696 g/mol. The normalized spacial score (nSPS) is 16.4. The van der Waals surface area contributed by atoms with Gasteiger partial charge in [0.1, 0.15) is 5.02 Å². The minimum Gasteiger partial charge on any atom is -0.338 e. The van der Waals surface area contributed by atoms with Crippen molar-refractivity contribution < 1.29 is 13.2 Å². The number of rotatable bonds is 10. The lowest BCUT2D eigenvalue weighted by atomic mass is 9.86. The lowest BCUT2D eigenvalue weighted by Gasteiger charge is -2.36. The van der Waals surface area contributed by atoms with Crippen molar-refractivity contribution in [3.63, 3.8) is 0 Å². The Morgan fingerprint density at radius 3 is 2.39 bits per heavy atom. The largest absolute Gasteiger partial charge is 0.338 e. The van der Waals surface area contributed by atoms with E-state index in [1.54, 1.807) is 22.9 Å². The van der Waals surface area contributed by atoms with Crippen molar-refractivity contribution >= 4 is 56.8 Å². The first-order valence-electron chi connectivity index (χ1n) is 16.0. The molecule has 0 spiro atoms. The average Bonchev–Trinajstić information content (AvgIpc) is 3.55. The molecule has 0 aliphatic heterocycles. The third kappa shape index (κ3) is 8.51. The van der Waals surface area contributed by atoms with Gasteiger partial charge in [0.05, 0.1) is 23.0 Å². The number of amides is 2. The van der Waals surface area contributed by atoms with E-state index < -0.39 is 9.84 Å². The molecule has 1 saturated carbocycles. The molecule has 5 aromatic rings. The number of nitrogens with zero attached hydrogens (tertiary/aromatic N) is 6. The summed E-state index contributed by atoms with van der Waals surface area (Å²) in [6.07, 6.45) is 11.5. The summed E-state index contributed by atoms with van der Waals surface area (Å²) >= 11 is 6.35. The van der Waals surface area contributed by atoms with E-state index in [-0.39, 0.29) is 39.7 Å². The Bertz CT molecular complexity index is 2040. The van der Waals surface area contributed by atoms with Crippen molar-refractivity contribution in [2.24, 2.45) is 18.0 Å². The fourth-order valence-corrected chi connectivity index (χ4v) is 6.93. The molecule has 0 saturated heterocycles. The SMILES string of the molecule is Cn1cc(-c2ccc(N(C(=O)NCc3ccccc3)C3CCC(C=Nc4ncc(Cl)c(Nc5ccccc5S(C)(=O)=O)n4)CC3)cc2)cn1. The van der Waals surface area contributed by atoms with E-state index in [2.05, 4.69) is 30.7 Å². The first-order valence-corrected chi connectivity index (χ1v) is 18.2. The maximum atomic E-state index is 13.7. The molecule has 3 aromatic carbocycles. The summed E-state index contributed by atoms with van der Waals surface area (Å²) in [4.78, 5) is 29.0. The van der Waals surface area contributed by atoms with Crippen molar-refractivity contribution in [2.75, 3.05) is 16.5 Å². The van der Waals surface area contributed by atoms with Gasteiger partial charge < -0.3 is 10.6 Å². The van der Waals surface area contributed by atoms with Crippen LogP contribution in [0.3, 0.4) is 0 Å². The molecule has 1 fully saturated rings. The van der Waals surface area contributed by atoms with E-state index in [0.717, 1.165) is 54.3 Å². The molecule has 11 nitrogen and oxygen atoms in total. The molecule has 2 amide bonds. The van der Waals surface area contributed by atoms with Crippen LogP contribution in [0, 0.1) is 5.92 Å². The zero-order valence-corrected chi connectivity index (χ0v) is 28.8. The van der Waals surface area contributed by atoms with Gasteiger partial charge in [0, 0.05) is 49.6 Å². The quantitative estimate of drug-likeness (QED) is 0.146. The van der Waals surface area contributed by atoms with Crippen LogP contribution < -0.4 is 15.5 Å². The lowest BCUT2D eigenvalue weighted by Crippen LogP contribution is -2.47. The minimum absolute atomic E-state index is 0.00200. The van der Waals surface area contributed by atoms with Crippen LogP contribution in [0.5, 0.6) is 0 Å². The predicted molar refractivity (Wildman–Crippen MR) is 194 cm³/mol. The van der Waals surface area contributed by atoms with Gasteiger partial charge in [0.25, 0.3) is 5.95 Å². The van der Waals surface area contributed by atoms with Crippen molar-refractivity contribution in [1.29, 1.82) is 0 Å². The number of sulfone groups is 1. The Hall–Kier alpha value is -5.07. The van der Waals surface area contributed by atoms with E-state index in [1.807, 2.05) is 85.2 Å². The van der Waals surface area contributed by atoms with Crippen LogP contribution >= 0.6 is 11.6 Å². The van der Waals surface area contributed by atoms with Gasteiger partial charge in [-0.25, -0.2) is 23.2 Å². The molecule has 49 heavy (non-hydrogen) atoms. The third-order valence-electron chi connectivity index (χ3n) is 8.47. The molecular formula is C36H37ClN8O3S. The van der Waals surface area contributed by atoms with Crippen molar-refractivity contribution in [2.45, 2.75) is 43.2 Å². The summed E-state index contributed by atoms with van der Waals surface area (Å²) in [7, 11) is -1.59. The van der Waals surface area contributed by atoms with Crippen LogP contribution in [0.15, 0.2) is 107 Å². The Balaban J connectivity index is 1.14. The van der Waals surface area contributed by atoms with E-state index in [0.29, 0.717) is 12.2 Å². The molecule has 2 N–H and O–H groups in total. The van der Waals surface area contributed by atoms with Crippen LogP contribution in [0.4, 0.5) is 27.9 Å². The second-order valence-corrected chi connectivity index (χ2v) is 14.5. The Morgan fingerprint density at radius 2 is 1.69 bits per heavy atom. The fraction of sp³-hybridized carbons (Fsp3) is 0.250. The van der Waals surface area contributed by atoms with Crippen molar-refractivity contribution in [1.82, 2.24) is 25.1 Å². The second-order valence-electron chi connectivity index (χ2n) is 12.1. The first-order chi connectivity index (χ1) is 23.6. The summed E-state index contributed by atoms with van der Waals surface area (Å²) in [5, 5.41) is 10.7. The van der Waals surface area contributed by atoms with Crippen molar-refractivity contribution in [3.8, 4) is 11.1 Å². The molecule has 0 atom stereocenters. The zero-order valence-electron chi connectivity index (χ0n) is 27.2. The number of benzene rings is 3. The van der Waals surface area contributed by atoms with E-state index >= 15 is 0 Å². The fourth-order valence-electron chi connectivity index (χ4n) is 5.95. The van der Waals surface area contributed by atoms with Gasteiger partial charge in [0.15, 0.2) is 15.7 Å². The molecule has 1 aliphatic carbocycles. The van der Waals surface area contributed by atoms with Gasteiger partial charge in [-0.1, -0.05) is 66.2 Å². The van der Waals surface area contributed by atoms with Crippen LogP contribution in [0.1, 0.15) is 31.2 Å². The second kappa shape index (κ2) is 15.0.